The zero-order chi connectivity index (χ0) is 27.4. The summed E-state index contributed by atoms with van der Waals surface area (Å²) in [4.78, 5) is 28.4. The number of ketones is 1. The highest BCUT2D eigenvalue weighted by atomic mass is 16.5. The molecule has 6 heteroatoms. The number of carbonyl (C=O) groups is 2. The first kappa shape index (κ1) is 27.0. The van der Waals surface area contributed by atoms with E-state index >= 15 is 0 Å². The predicted molar refractivity (Wildman–Crippen MR) is 150 cm³/mol. The lowest BCUT2D eigenvalue weighted by molar-refractivity contribution is -0.132. The van der Waals surface area contributed by atoms with Crippen LogP contribution in [0.25, 0.3) is 5.76 Å². The molecule has 1 fully saturated rings. The maximum absolute atomic E-state index is 13.5. The lowest BCUT2D eigenvalue weighted by Crippen LogP contribution is -2.29. The highest BCUT2D eigenvalue weighted by Crippen LogP contribution is 2.43. The van der Waals surface area contributed by atoms with E-state index in [9.17, 15) is 14.7 Å². The van der Waals surface area contributed by atoms with Gasteiger partial charge < -0.3 is 14.6 Å². The van der Waals surface area contributed by atoms with Crippen LogP contribution >= 0.6 is 0 Å². The van der Waals surface area contributed by atoms with E-state index in [0.717, 1.165) is 5.56 Å². The Morgan fingerprint density at radius 2 is 1.42 bits per heavy atom. The van der Waals surface area contributed by atoms with Gasteiger partial charge >= 0.3 is 0 Å². The molecule has 1 aliphatic heterocycles. The maximum Gasteiger partial charge on any atom is 0.300 e. The van der Waals surface area contributed by atoms with E-state index in [2.05, 4.69) is 27.7 Å². The second kappa shape index (κ2) is 11.5. The van der Waals surface area contributed by atoms with Crippen molar-refractivity contribution in [2.45, 2.75) is 40.7 Å². The van der Waals surface area contributed by atoms with Gasteiger partial charge in [0.25, 0.3) is 11.7 Å². The first-order chi connectivity index (χ1) is 18.2. The zero-order valence-electron chi connectivity index (χ0n) is 22.6. The molecule has 1 unspecified atom stereocenters. The van der Waals surface area contributed by atoms with Gasteiger partial charge in [-0.05, 0) is 60.7 Å². The summed E-state index contributed by atoms with van der Waals surface area (Å²) >= 11 is 0. The topological polar surface area (TPSA) is 76.1 Å². The molecule has 1 amide bonds. The maximum atomic E-state index is 13.5. The number of ether oxygens (including phenoxy) is 2. The molecule has 4 rings (SSSR count). The molecule has 1 heterocycles. The summed E-state index contributed by atoms with van der Waals surface area (Å²) in [7, 11) is 0. The molecule has 3 aromatic carbocycles. The molecule has 38 heavy (non-hydrogen) atoms. The molecule has 0 saturated carbocycles. The summed E-state index contributed by atoms with van der Waals surface area (Å²) in [6.45, 7) is 11.2. The van der Waals surface area contributed by atoms with Gasteiger partial charge in [0.2, 0.25) is 0 Å². The molecular weight excluding hydrogens is 478 g/mol. The smallest absolute Gasteiger partial charge is 0.300 e. The number of hydrogen-bond donors (Lipinski definition) is 1. The van der Waals surface area contributed by atoms with Crippen molar-refractivity contribution in [3.63, 3.8) is 0 Å². The Morgan fingerprint density at radius 1 is 0.842 bits per heavy atom. The molecule has 3 aromatic rings. The third kappa shape index (κ3) is 5.91. The third-order valence-corrected chi connectivity index (χ3v) is 6.20. The Morgan fingerprint density at radius 3 is 2.03 bits per heavy atom. The van der Waals surface area contributed by atoms with Gasteiger partial charge in [-0.1, -0.05) is 69.7 Å². The summed E-state index contributed by atoms with van der Waals surface area (Å²) in [5.41, 5.74) is 2.70. The Hall–Kier alpha value is -4.06. The highest BCUT2D eigenvalue weighted by molar-refractivity contribution is 6.51. The van der Waals surface area contributed by atoms with Crippen molar-refractivity contribution in [3.05, 3.63) is 95.1 Å². The van der Waals surface area contributed by atoms with Crippen LogP contribution in [-0.2, 0) is 9.59 Å². The largest absolute Gasteiger partial charge is 0.507 e. The summed E-state index contributed by atoms with van der Waals surface area (Å²) in [6.07, 6.45) is 0. The summed E-state index contributed by atoms with van der Waals surface area (Å²) < 4.78 is 11.8. The molecule has 1 atom stereocenters. The van der Waals surface area contributed by atoms with Gasteiger partial charge in [-0.2, -0.15) is 0 Å². The number of aliphatic hydroxyl groups excluding tert-OH is 1. The Kier molecular flexibility index (Phi) is 8.20. The average molecular weight is 514 g/mol. The minimum absolute atomic E-state index is 0.0256. The van der Waals surface area contributed by atoms with E-state index in [1.165, 1.54) is 4.90 Å². The van der Waals surface area contributed by atoms with Crippen molar-refractivity contribution in [1.29, 1.82) is 0 Å². The van der Waals surface area contributed by atoms with Gasteiger partial charge in [-0.3, -0.25) is 14.5 Å². The molecule has 6 nitrogen and oxygen atoms in total. The lowest BCUT2D eigenvalue weighted by Gasteiger charge is -2.26. The number of aliphatic hydroxyl groups is 1. The van der Waals surface area contributed by atoms with Crippen molar-refractivity contribution < 1.29 is 24.2 Å². The number of rotatable bonds is 9. The van der Waals surface area contributed by atoms with Crippen molar-refractivity contribution >= 4 is 23.1 Å². The van der Waals surface area contributed by atoms with Gasteiger partial charge in [0, 0.05) is 11.3 Å². The molecule has 0 aliphatic carbocycles. The van der Waals surface area contributed by atoms with Crippen LogP contribution in [0.4, 0.5) is 5.69 Å². The number of carbonyl (C=O) groups excluding carboxylic acids is 2. The molecule has 1 aliphatic rings. The zero-order valence-corrected chi connectivity index (χ0v) is 22.6. The number of amides is 1. The van der Waals surface area contributed by atoms with Crippen LogP contribution in [0.2, 0.25) is 0 Å². The predicted octanol–water partition coefficient (Wildman–Crippen LogP) is 6.69. The molecule has 1 N–H and O–H groups in total. The molecule has 198 valence electrons. The van der Waals surface area contributed by atoms with Crippen molar-refractivity contribution in [1.82, 2.24) is 0 Å². The van der Waals surface area contributed by atoms with Crippen LogP contribution in [0.15, 0.2) is 78.4 Å². The minimum atomic E-state index is -0.833. The first-order valence-corrected chi connectivity index (χ1v) is 13.0. The number of Topliss-reactive ketones (excluding diaryl/α,β-unsaturated/α-hetero) is 1. The molecule has 0 spiro atoms. The van der Waals surface area contributed by atoms with Crippen molar-refractivity contribution in [2.75, 3.05) is 18.1 Å². The number of anilines is 1. The number of hydrogen-bond acceptors (Lipinski definition) is 5. The quantitative estimate of drug-likeness (QED) is 0.196. The fraction of sp³-hybridized carbons (Fsp3) is 0.312. The molecule has 0 radical (unpaired) electrons. The van der Waals surface area contributed by atoms with Crippen LogP contribution in [-0.4, -0.2) is 30.0 Å². The number of aryl methyl sites for hydroxylation is 1. The van der Waals surface area contributed by atoms with Gasteiger partial charge in [0.1, 0.15) is 17.3 Å². The van der Waals surface area contributed by atoms with E-state index in [-0.39, 0.29) is 11.3 Å². The standard InChI is InChI=1S/C32H35NO5/c1-20(2)18-37-26-10-6-8-23(16-26)29-28(30(34)24-9-7-11-27(17-24)38-19-21(3)4)31(35)32(36)33(29)25-14-12-22(5)13-15-25/h6-17,20-21,29,34H,18-19H2,1-5H3/b30-28-. The number of nitrogens with zero attached hydrogens (tertiary/aromatic N) is 1. The van der Waals surface area contributed by atoms with Crippen molar-refractivity contribution in [2.24, 2.45) is 11.8 Å². The van der Waals surface area contributed by atoms with E-state index in [1.54, 1.807) is 24.3 Å². The molecule has 1 saturated heterocycles. The fourth-order valence-electron chi connectivity index (χ4n) is 4.31. The molecular formula is C32H35NO5. The van der Waals surface area contributed by atoms with Crippen LogP contribution < -0.4 is 14.4 Å². The lowest BCUT2D eigenvalue weighted by atomic mass is 9.95. The third-order valence-electron chi connectivity index (χ3n) is 6.20. The Labute approximate surface area is 224 Å². The van der Waals surface area contributed by atoms with Gasteiger partial charge in [-0.25, -0.2) is 0 Å². The Bertz CT molecular complexity index is 1340. The van der Waals surface area contributed by atoms with E-state index < -0.39 is 17.7 Å². The summed E-state index contributed by atoms with van der Waals surface area (Å²) in [5, 5.41) is 11.5. The van der Waals surface area contributed by atoms with Crippen LogP contribution in [0.1, 0.15) is 50.4 Å². The van der Waals surface area contributed by atoms with E-state index in [0.29, 0.717) is 53.4 Å². The minimum Gasteiger partial charge on any atom is -0.507 e. The SMILES string of the molecule is Cc1ccc(N2C(=O)C(=O)/C(=C(\O)c3cccc(OCC(C)C)c3)C2c2cccc(OCC(C)C)c2)cc1. The van der Waals surface area contributed by atoms with Crippen LogP contribution in [0.5, 0.6) is 11.5 Å². The molecule has 0 aromatic heterocycles. The second-order valence-corrected chi connectivity index (χ2v) is 10.5. The highest BCUT2D eigenvalue weighted by Gasteiger charge is 2.47. The summed E-state index contributed by atoms with van der Waals surface area (Å²) in [6, 6.07) is 20.9. The second-order valence-electron chi connectivity index (χ2n) is 10.5. The summed E-state index contributed by atoms with van der Waals surface area (Å²) in [5.74, 6) is 0.202. The number of benzene rings is 3. The van der Waals surface area contributed by atoms with Crippen LogP contribution in [0, 0.1) is 18.8 Å². The van der Waals surface area contributed by atoms with Crippen molar-refractivity contribution in [3.8, 4) is 11.5 Å². The monoisotopic (exact) mass is 513 g/mol. The van der Waals surface area contributed by atoms with E-state index in [4.69, 9.17) is 9.47 Å². The van der Waals surface area contributed by atoms with Gasteiger partial charge in [-0.15, -0.1) is 0 Å². The normalized spacial score (nSPS) is 16.9. The average Bonchev–Trinajstić information content (AvgIpc) is 3.17. The van der Waals surface area contributed by atoms with Gasteiger partial charge in [0.05, 0.1) is 24.8 Å². The first-order valence-electron chi connectivity index (χ1n) is 13.0. The van der Waals surface area contributed by atoms with Crippen LogP contribution in [0.3, 0.4) is 0 Å². The van der Waals surface area contributed by atoms with Gasteiger partial charge in [0.15, 0.2) is 0 Å². The fourth-order valence-corrected chi connectivity index (χ4v) is 4.31. The Balaban J connectivity index is 1.84. The van der Waals surface area contributed by atoms with E-state index in [1.807, 2.05) is 55.5 Å². The molecule has 0 bridgehead atoms.